The molecule has 0 unspecified atom stereocenters. The lowest BCUT2D eigenvalue weighted by molar-refractivity contribution is -0.135. The quantitative estimate of drug-likeness (QED) is 0.748. The van der Waals surface area contributed by atoms with Gasteiger partial charge in [-0.3, -0.25) is 19.5 Å². The van der Waals surface area contributed by atoms with Gasteiger partial charge in [-0.05, 0) is 12.1 Å². The second-order valence-corrected chi connectivity index (χ2v) is 4.21. The maximum Gasteiger partial charge on any atom is 0.325 e. The fraction of sp³-hybridized carbons (Fsp3) is 0.333. The van der Waals surface area contributed by atoms with Gasteiger partial charge in [-0.25, -0.2) is 4.79 Å². The summed E-state index contributed by atoms with van der Waals surface area (Å²) in [6.45, 7) is 0.0490. The number of hydrogen-bond acceptors (Lipinski definition) is 4. The number of carbonyl (C=O) groups is 3. The van der Waals surface area contributed by atoms with Crippen molar-refractivity contribution in [3.05, 3.63) is 30.1 Å². The van der Waals surface area contributed by atoms with Crippen LogP contribution in [-0.4, -0.2) is 52.8 Å². The summed E-state index contributed by atoms with van der Waals surface area (Å²) in [5.74, 6) is -0.694. The average molecular weight is 262 g/mol. The summed E-state index contributed by atoms with van der Waals surface area (Å²) in [5, 5.41) is 2.37. The first-order valence-corrected chi connectivity index (χ1v) is 5.80. The van der Waals surface area contributed by atoms with Crippen LogP contribution in [0.25, 0.3) is 0 Å². The zero-order chi connectivity index (χ0) is 13.8. The maximum atomic E-state index is 11.9. The van der Waals surface area contributed by atoms with E-state index < -0.39 is 6.03 Å². The molecule has 7 heteroatoms. The van der Waals surface area contributed by atoms with Gasteiger partial charge in [0.1, 0.15) is 6.54 Å². The van der Waals surface area contributed by atoms with Crippen LogP contribution in [0.1, 0.15) is 5.69 Å². The van der Waals surface area contributed by atoms with Crippen molar-refractivity contribution in [2.45, 2.75) is 6.54 Å². The first kappa shape index (κ1) is 13.0. The number of amides is 4. The Bertz CT molecular complexity index is 487. The van der Waals surface area contributed by atoms with Crippen LogP contribution in [0.4, 0.5) is 4.79 Å². The molecular formula is C12H14N4O3. The van der Waals surface area contributed by atoms with E-state index in [0.717, 1.165) is 10.6 Å². The van der Waals surface area contributed by atoms with Gasteiger partial charge >= 0.3 is 6.03 Å². The Balaban J connectivity index is 1.93. The van der Waals surface area contributed by atoms with Gasteiger partial charge in [-0.15, -0.1) is 0 Å². The van der Waals surface area contributed by atoms with Crippen LogP contribution in [0.15, 0.2) is 24.4 Å². The van der Waals surface area contributed by atoms with E-state index >= 15 is 0 Å². The van der Waals surface area contributed by atoms with E-state index in [-0.39, 0.29) is 24.9 Å². The summed E-state index contributed by atoms with van der Waals surface area (Å²) in [7, 11) is 1.61. The van der Waals surface area contributed by atoms with Crippen molar-refractivity contribution >= 4 is 17.8 Å². The summed E-state index contributed by atoms with van der Waals surface area (Å²) >= 11 is 0. The van der Waals surface area contributed by atoms with E-state index in [4.69, 9.17) is 0 Å². The summed E-state index contributed by atoms with van der Waals surface area (Å²) in [6, 6.07) is 4.90. The van der Waals surface area contributed by atoms with Crippen molar-refractivity contribution in [1.82, 2.24) is 20.1 Å². The molecule has 0 aromatic carbocycles. The van der Waals surface area contributed by atoms with Gasteiger partial charge in [0, 0.05) is 13.2 Å². The molecule has 2 heterocycles. The largest absolute Gasteiger partial charge is 0.338 e. The average Bonchev–Trinajstić information content (AvgIpc) is 2.71. The maximum absolute atomic E-state index is 11.9. The Kier molecular flexibility index (Phi) is 3.74. The first-order chi connectivity index (χ1) is 9.08. The molecule has 100 valence electrons. The Morgan fingerprint density at radius 3 is 2.84 bits per heavy atom. The lowest BCUT2D eigenvalue weighted by Gasteiger charge is -2.19. The second-order valence-electron chi connectivity index (χ2n) is 4.21. The number of nitrogens with zero attached hydrogens (tertiary/aromatic N) is 3. The van der Waals surface area contributed by atoms with Gasteiger partial charge in [0.05, 0.1) is 18.8 Å². The van der Waals surface area contributed by atoms with Crippen molar-refractivity contribution in [2.75, 3.05) is 20.1 Å². The number of pyridine rings is 1. The lowest BCUT2D eigenvalue weighted by atomic mass is 10.3. The van der Waals surface area contributed by atoms with Crippen LogP contribution in [0.3, 0.4) is 0 Å². The highest BCUT2D eigenvalue weighted by Crippen LogP contribution is 2.03. The summed E-state index contributed by atoms with van der Waals surface area (Å²) in [6.07, 6.45) is 1.64. The molecule has 4 amide bonds. The number of hydrogen-bond donors (Lipinski definition) is 1. The number of likely N-dealkylation sites (N-methyl/N-ethyl adjacent to an activating group) is 1. The minimum absolute atomic E-state index is 0.0456. The Labute approximate surface area is 110 Å². The van der Waals surface area contributed by atoms with Crippen LogP contribution in [0.5, 0.6) is 0 Å². The Hall–Kier alpha value is -2.44. The van der Waals surface area contributed by atoms with Crippen molar-refractivity contribution in [2.24, 2.45) is 0 Å². The molecule has 1 aromatic heterocycles. The molecule has 1 aliphatic heterocycles. The van der Waals surface area contributed by atoms with Crippen molar-refractivity contribution in [3.8, 4) is 0 Å². The van der Waals surface area contributed by atoms with Crippen molar-refractivity contribution in [3.63, 3.8) is 0 Å². The molecule has 2 rings (SSSR count). The van der Waals surface area contributed by atoms with Gasteiger partial charge in [-0.2, -0.15) is 0 Å². The third-order valence-electron chi connectivity index (χ3n) is 2.78. The third kappa shape index (κ3) is 3.06. The van der Waals surface area contributed by atoms with Crippen LogP contribution < -0.4 is 5.32 Å². The molecule has 1 aromatic rings. The number of aromatic nitrogens is 1. The molecule has 0 radical (unpaired) electrons. The number of carbonyl (C=O) groups excluding carboxylic acids is 3. The monoisotopic (exact) mass is 262 g/mol. The standard InChI is InChI=1S/C12H14N4O3/c1-15(7-9-4-2-3-5-13-9)11(18)8-16-10(17)6-14-12(16)19/h2-5H,6-8H2,1H3,(H,14,19). The van der Waals surface area contributed by atoms with Crippen LogP contribution in [0.2, 0.25) is 0 Å². The summed E-state index contributed by atoms with van der Waals surface area (Å²) < 4.78 is 0. The normalized spacial score (nSPS) is 14.5. The molecule has 7 nitrogen and oxygen atoms in total. The minimum Gasteiger partial charge on any atom is -0.338 e. The summed E-state index contributed by atoms with van der Waals surface area (Å²) in [4.78, 5) is 41.0. The van der Waals surface area contributed by atoms with E-state index in [1.807, 2.05) is 6.07 Å². The molecule has 0 aliphatic carbocycles. The number of rotatable bonds is 4. The van der Waals surface area contributed by atoms with E-state index in [9.17, 15) is 14.4 Å². The Morgan fingerprint density at radius 1 is 1.47 bits per heavy atom. The zero-order valence-corrected chi connectivity index (χ0v) is 10.5. The fourth-order valence-electron chi connectivity index (χ4n) is 1.69. The van der Waals surface area contributed by atoms with Crippen LogP contribution >= 0.6 is 0 Å². The SMILES string of the molecule is CN(Cc1ccccn1)C(=O)CN1C(=O)CNC1=O. The highest BCUT2D eigenvalue weighted by atomic mass is 16.2. The van der Waals surface area contributed by atoms with Gasteiger partial charge in [0.25, 0.3) is 5.91 Å². The minimum atomic E-state index is -0.524. The highest BCUT2D eigenvalue weighted by molar-refractivity contribution is 6.04. The van der Waals surface area contributed by atoms with Gasteiger partial charge in [-0.1, -0.05) is 6.07 Å². The number of imide groups is 1. The van der Waals surface area contributed by atoms with Gasteiger partial charge in [0.2, 0.25) is 5.91 Å². The summed E-state index contributed by atoms with van der Waals surface area (Å²) in [5.41, 5.74) is 0.746. The zero-order valence-electron chi connectivity index (χ0n) is 10.5. The predicted octanol–water partition coefficient (Wildman–Crippen LogP) is -0.408. The van der Waals surface area contributed by atoms with E-state index in [1.54, 1.807) is 25.4 Å². The fourth-order valence-corrected chi connectivity index (χ4v) is 1.69. The Morgan fingerprint density at radius 2 is 2.26 bits per heavy atom. The molecule has 19 heavy (non-hydrogen) atoms. The molecule has 1 N–H and O–H groups in total. The third-order valence-corrected chi connectivity index (χ3v) is 2.78. The van der Waals surface area contributed by atoms with E-state index in [1.165, 1.54) is 4.90 Å². The predicted molar refractivity (Wildman–Crippen MR) is 65.8 cm³/mol. The van der Waals surface area contributed by atoms with E-state index in [2.05, 4.69) is 10.3 Å². The van der Waals surface area contributed by atoms with Gasteiger partial charge < -0.3 is 10.2 Å². The highest BCUT2D eigenvalue weighted by Gasteiger charge is 2.30. The number of urea groups is 1. The molecule has 0 spiro atoms. The molecule has 0 saturated carbocycles. The van der Waals surface area contributed by atoms with Crippen molar-refractivity contribution in [1.29, 1.82) is 0 Å². The molecule has 1 fully saturated rings. The molecule has 1 saturated heterocycles. The van der Waals surface area contributed by atoms with E-state index in [0.29, 0.717) is 6.54 Å². The molecule has 0 atom stereocenters. The molecular weight excluding hydrogens is 248 g/mol. The number of nitrogens with one attached hydrogen (secondary N) is 1. The molecule has 0 bridgehead atoms. The van der Waals surface area contributed by atoms with Gasteiger partial charge in [0.15, 0.2) is 0 Å². The van der Waals surface area contributed by atoms with Crippen LogP contribution in [-0.2, 0) is 16.1 Å². The second kappa shape index (κ2) is 5.47. The van der Waals surface area contributed by atoms with Crippen molar-refractivity contribution < 1.29 is 14.4 Å². The lowest BCUT2D eigenvalue weighted by Crippen LogP contribution is -2.41. The van der Waals surface area contributed by atoms with Crippen LogP contribution in [0, 0.1) is 0 Å². The smallest absolute Gasteiger partial charge is 0.325 e. The molecule has 1 aliphatic rings. The topological polar surface area (TPSA) is 82.6 Å². The first-order valence-electron chi connectivity index (χ1n) is 5.80.